The summed E-state index contributed by atoms with van der Waals surface area (Å²) in [5.41, 5.74) is 0.335. The Kier molecular flexibility index (Phi) is 4.33. The molecule has 1 heterocycles. The van der Waals surface area contributed by atoms with Gasteiger partial charge in [0.25, 0.3) is 5.56 Å². The molecular formula is C17H17N3O4. The number of allylic oxidation sites excluding steroid dienone is 2. The number of carbonyl (C=O) groups is 2. The number of carbonyl (C=O) groups excluding carboxylic acids is 1. The number of nitrogens with zero attached hydrogens (tertiary/aromatic N) is 1. The highest BCUT2D eigenvalue weighted by Gasteiger charge is 2.34. The SMILES string of the molecule is O=C(O)C1CC=CCC1C(=O)Nc1cc(=O)n(-c2ccccc2)[nH]1. The fourth-order valence-electron chi connectivity index (χ4n) is 2.83. The van der Waals surface area contributed by atoms with Gasteiger partial charge in [0.15, 0.2) is 0 Å². The molecule has 0 radical (unpaired) electrons. The summed E-state index contributed by atoms with van der Waals surface area (Å²) >= 11 is 0. The van der Waals surface area contributed by atoms with Gasteiger partial charge in [0.2, 0.25) is 5.91 Å². The van der Waals surface area contributed by atoms with Crippen LogP contribution >= 0.6 is 0 Å². The van der Waals surface area contributed by atoms with Crippen LogP contribution in [-0.4, -0.2) is 26.8 Å². The fraction of sp³-hybridized carbons (Fsp3) is 0.235. The van der Waals surface area contributed by atoms with E-state index in [1.165, 1.54) is 10.7 Å². The van der Waals surface area contributed by atoms with Gasteiger partial charge in [-0.1, -0.05) is 30.4 Å². The van der Waals surface area contributed by atoms with Gasteiger partial charge in [-0.25, -0.2) is 4.68 Å². The number of H-pyrrole nitrogens is 1. The molecule has 0 saturated carbocycles. The molecule has 7 heteroatoms. The van der Waals surface area contributed by atoms with Crippen molar-refractivity contribution in [3.8, 4) is 5.69 Å². The number of nitrogens with one attached hydrogen (secondary N) is 2. The van der Waals surface area contributed by atoms with Crippen molar-refractivity contribution in [2.75, 3.05) is 5.32 Å². The summed E-state index contributed by atoms with van der Waals surface area (Å²) in [6.45, 7) is 0. The first-order valence-electron chi connectivity index (χ1n) is 7.62. The quantitative estimate of drug-likeness (QED) is 0.744. The van der Waals surface area contributed by atoms with Gasteiger partial charge >= 0.3 is 5.97 Å². The number of hydrogen-bond acceptors (Lipinski definition) is 3. The monoisotopic (exact) mass is 327 g/mol. The summed E-state index contributed by atoms with van der Waals surface area (Å²) in [5, 5.41) is 14.7. The molecule has 2 aromatic rings. The maximum atomic E-state index is 12.4. The van der Waals surface area contributed by atoms with E-state index < -0.39 is 23.7 Å². The van der Waals surface area contributed by atoms with Crippen LogP contribution in [0.25, 0.3) is 5.69 Å². The Morgan fingerprint density at radius 3 is 2.46 bits per heavy atom. The van der Waals surface area contributed by atoms with Crippen LogP contribution in [0.1, 0.15) is 12.8 Å². The standard InChI is InChI=1S/C17H17N3O4/c21-15-10-14(19-20(15)11-6-2-1-3-7-11)18-16(22)12-8-4-5-9-13(12)17(23)24/h1-7,10,12-13,19H,8-9H2,(H,18,22)(H,23,24). The second kappa shape index (κ2) is 6.57. The summed E-state index contributed by atoms with van der Waals surface area (Å²) in [7, 11) is 0. The Morgan fingerprint density at radius 2 is 1.79 bits per heavy atom. The van der Waals surface area contributed by atoms with E-state index >= 15 is 0 Å². The smallest absolute Gasteiger partial charge is 0.307 e. The van der Waals surface area contributed by atoms with Crippen molar-refractivity contribution in [1.82, 2.24) is 9.78 Å². The Hall–Kier alpha value is -3.09. The lowest BCUT2D eigenvalue weighted by Crippen LogP contribution is -2.34. The first kappa shape index (κ1) is 15.8. The summed E-state index contributed by atoms with van der Waals surface area (Å²) in [5.74, 6) is -2.57. The van der Waals surface area contributed by atoms with Gasteiger partial charge in [-0.15, -0.1) is 0 Å². The highest BCUT2D eigenvalue weighted by atomic mass is 16.4. The van der Waals surface area contributed by atoms with Crippen LogP contribution in [0.3, 0.4) is 0 Å². The Bertz CT molecular complexity index is 835. The van der Waals surface area contributed by atoms with Crippen LogP contribution < -0.4 is 10.9 Å². The van der Waals surface area contributed by atoms with Gasteiger partial charge in [-0.3, -0.25) is 19.5 Å². The molecule has 0 saturated heterocycles. The third-order valence-electron chi connectivity index (χ3n) is 4.08. The number of carboxylic acids is 1. The summed E-state index contributed by atoms with van der Waals surface area (Å²) in [4.78, 5) is 35.7. The number of aromatic amines is 1. The number of hydrogen-bond donors (Lipinski definition) is 3. The minimum atomic E-state index is -0.991. The summed E-state index contributed by atoms with van der Waals surface area (Å²) in [6.07, 6.45) is 4.28. The summed E-state index contributed by atoms with van der Waals surface area (Å²) in [6, 6.07) is 10.2. The second-order valence-corrected chi connectivity index (χ2v) is 5.66. The number of carboxylic acid groups (broad SMARTS) is 1. The van der Waals surface area contributed by atoms with Crippen LogP contribution in [0, 0.1) is 11.8 Å². The molecule has 0 aliphatic heterocycles. The second-order valence-electron chi connectivity index (χ2n) is 5.66. The molecule has 2 unspecified atom stereocenters. The van der Waals surface area contributed by atoms with E-state index in [-0.39, 0.29) is 11.4 Å². The Balaban J connectivity index is 1.79. The van der Waals surface area contributed by atoms with E-state index in [1.54, 1.807) is 30.3 Å². The molecule has 1 amide bonds. The van der Waals surface area contributed by atoms with E-state index in [4.69, 9.17) is 0 Å². The van der Waals surface area contributed by atoms with Crippen molar-refractivity contribution >= 4 is 17.7 Å². The van der Waals surface area contributed by atoms with Crippen molar-refractivity contribution in [1.29, 1.82) is 0 Å². The summed E-state index contributed by atoms with van der Waals surface area (Å²) < 4.78 is 1.31. The van der Waals surface area contributed by atoms with Crippen molar-refractivity contribution < 1.29 is 14.7 Å². The number of rotatable bonds is 4. The molecule has 1 aliphatic rings. The molecule has 7 nitrogen and oxygen atoms in total. The molecule has 0 bridgehead atoms. The molecule has 1 aliphatic carbocycles. The molecule has 1 aromatic carbocycles. The molecule has 1 aromatic heterocycles. The van der Waals surface area contributed by atoms with Crippen LogP contribution in [0.15, 0.2) is 53.3 Å². The number of para-hydroxylation sites is 1. The first-order chi connectivity index (χ1) is 11.6. The zero-order valence-corrected chi connectivity index (χ0v) is 12.8. The topological polar surface area (TPSA) is 104 Å². The van der Waals surface area contributed by atoms with Gasteiger partial charge in [0.05, 0.1) is 17.5 Å². The first-order valence-corrected chi connectivity index (χ1v) is 7.62. The molecule has 3 N–H and O–H groups in total. The lowest BCUT2D eigenvalue weighted by atomic mass is 9.82. The molecule has 0 fully saturated rings. The molecule has 0 spiro atoms. The van der Waals surface area contributed by atoms with Crippen molar-refractivity contribution in [2.24, 2.45) is 11.8 Å². The minimum Gasteiger partial charge on any atom is -0.481 e. The third kappa shape index (κ3) is 3.15. The number of anilines is 1. The van der Waals surface area contributed by atoms with E-state index in [2.05, 4.69) is 10.4 Å². The Morgan fingerprint density at radius 1 is 1.12 bits per heavy atom. The largest absolute Gasteiger partial charge is 0.481 e. The van der Waals surface area contributed by atoms with Crippen LogP contribution in [0.4, 0.5) is 5.82 Å². The van der Waals surface area contributed by atoms with Gasteiger partial charge < -0.3 is 10.4 Å². The molecule has 24 heavy (non-hydrogen) atoms. The minimum absolute atomic E-state index is 0.243. The molecular weight excluding hydrogens is 310 g/mol. The zero-order valence-electron chi connectivity index (χ0n) is 12.8. The molecule has 2 atom stereocenters. The van der Waals surface area contributed by atoms with Crippen molar-refractivity contribution in [2.45, 2.75) is 12.8 Å². The van der Waals surface area contributed by atoms with Gasteiger partial charge in [-0.2, -0.15) is 0 Å². The maximum absolute atomic E-state index is 12.4. The van der Waals surface area contributed by atoms with Crippen LogP contribution in [0.5, 0.6) is 0 Å². The number of aromatic nitrogens is 2. The lowest BCUT2D eigenvalue weighted by Gasteiger charge is -2.23. The van der Waals surface area contributed by atoms with E-state index in [0.717, 1.165) is 0 Å². The number of aliphatic carboxylic acids is 1. The van der Waals surface area contributed by atoms with E-state index in [1.807, 2.05) is 12.1 Å². The zero-order chi connectivity index (χ0) is 17.1. The average molecular weight is 327 g/mol. The number of amides is 1. The predicted octanol–water partition coefficient (Wildman–Crippen LogP) is 1.77. The van der Waals surface area contributed by atoms with Gasteiger partial charge in [-0.05, 0) is 25.0 Å². The van der Waals surface area contributed by atoms with Gasteiger partial charge in [0.1, 0.15) is 5.82 Å². The average Bonchev–Trinajstić information content (AvgIpc) is 2.96. The molecule has 3 rings (SSSR count). The van der Waals surface area contributed by atoms with Gasteiger partial charge in [0, 0.05) is 6.07 Å². The van der Waals surface area contributed by atoms with Crippen molar-refractivity contribution in [3.63, 3.8) is 0 Å². The van der Waals surface area contributed by atoms with Crippen LogP contribution in [-0.2, 0) is 9.59 Å². The lowest BCUT2D eigenvalue weighted by molar-refractivity contribution is -0.146. The van der Waals surface area contributed by atoms with E-state index in [9.17, 15) is 19.5 Å². The highest BCUT2D eigenvalue weighted by molar-refractivity contribution is 5.94. The number of benzene rings is 1. The normalized spacial score (nSPS) is 19.8. The third-order valence-corrected chi connectivity index (χ3v) is 4.08. The van der Waals surface area contributed by atoms with Crippen LogP contribution in [0.2, 0.25) is 0 Å². The Labute approximate surface area is 137 Å². The maximum Gasteiger partial charge on any atom is 0.307 e. The predicted molar refractivity (Wildman–Crippen MR) is 88.0 cm³/mol. The van der Waals surface area contributed by atoms with E-state index in [0.29, 0.717) is 18.5 Å². The molecule has 124 valence electrons. The van der Waals surface area contributed by atoms with Crippen molar-refractivity contribution in [3.05, 3.63) is 58.9 Å². The fourth-order valence-corrected chi connectivity index (χ4v) is 2.83. The highest BCUT2D eigenvalue weighted by Crippen LogP contribution is 2.27.